The lowest BCUT2D eigenvalue weighted by atomic mass is 10.1. The van der Waals surface area contributed by atoms with Crippen LogP contribution in [0.1, 0.15) is 31.4 Å². The van der Waals surface area contributed by atoms with Crippen molar-refractivity contribution in [1.29, 1.82) is 0 Å². The molecule has 0 saturated carbocycles. The number of hydrogen-bond acceptors (Lipinski definition) is 3. The van der Waals surface area contributed by atoms with Crippen LogP contribution in [-0.2, 0) is 4.79 Å². The van der Waals surface area contributed by atoms with Gasteiger partial charge < -0.3 is 21.1 Å². The number of benzene rings is 1. The number of carbonyl (C=O) groups is 2. The highest BCUT2D eigenvalue weighted by Crippen LogP contribution is 2.16. The Morgan fingerprint density at radius 2 is 2.30 bits per heavy atom. The maximum Gasteiger partial charge on any atom is 0.319 e. The first kappa shape index (κ1) is 14.3. The van der Waals surface area contributed by atoms with E-state index >= 15 is 0 Å². The van der Waals surface area contributed by atoms with Crippen LogP contribution in [0.25, 0.3) is 0 Å². The highest BCUT2D eigenvalue weighted by Gasteiger charge is 2.19. The minimum Gasteiger partial charge on any atom is -0.389 e. The average molecular weight is 277 g/mol. The molecular weight excluding hydrogens is 258 g/mol. The number of aliphatic hydroxyl groups excluding tert-OH is 1. The summed E-state index contributed by atoms with van der Waals surface area (Å²) in [5, 5.41) is 17.7. The molecule has 1 aromatic rings. The smallest absolute Gasteiger partial charge is 0.319 e. The van der Waals surface area contributed by atoms with Crippen molar-refractivity contribution in [3.8, 4) is 0 Å². The van der Waals surface area contributed by atoms with Gasteiger partial charge in [0.2, 0.25) is 5.91 Å². The van der Waals surface area contributed by atoms with Crippen molar-refractivity contribution in [2.24, 2.45) is 0 Å². The van der Waals surface area contributed by atoms with E-state index < -0.39 is 6.10 Å². The molecule has 3 amide bonds. The second-order valence-electron chi connectivity index (χ2n) is 4.94. The predicted octanol–water partition coefficient (Wildman–Crippen LogP) is 1.14. The van der Waals surface area contributed by atoms with Crippen LogP contribution in [-0.4, -0.2) is 29.6 Å². The first-order valence-electron chi connectivity index (χ1n) is 6.67. The molecule has 6 nitrogen and oxygen atoms in total. The van der Waals surface area contributed by atoms with Gasteiger partial charge in [-0.1, -0.05) is 12.1 Å². The first-order valence-corrected chi connectivity index (χ1v) is 6.67. The van der Waals surface area contributed by atoms with Crippen LogP contribution >= 0.6 is 0 Å². The molecule has 20 heavy (non-hydrogen) atoms. The second kappa shape index (κ2) is 6.38. The summed E-state index contributed by atoms with van der Waals surface area (Å²) in [6.07, 6.45) is 0.503. The minimum atomic E-state index is -0.576. The van der Waals surface area contributed by atoms with Crippen molar-refractivity contribution in [2.75, 3.05) is 11.9 Å². The molecule has 1 heterocycles. The van der Waals surface area contributed by atoms with Gasteiger partial charge in [0.1, 0.15) is 0 Å². The number of hydrogen-bond donors (Lipinski definition) is 4. The van der Waals surface area contributed by atoms with E-state index in [1.807, 2.05) is 0 Å². The maximum absolute atomic E-state index is 11.8. The van der Waals surface area contributed by atoms with Gasteiger partial charge in [-0.15, -0.1) is 0 Å². The van der Waals surface area contributed by atoms with Gasteiger partial charge >= 0.3 is 6.03 Å². The lowest BCUT2D eigenvalue weighted by Gasteiger charge is -2.23. The highest BCUT2D eigenvalue weighted by molar-refractivity contribution is 5.89. The Labute approximate surface area is 117 Å². The third-order valence-electron chi connectivity index (χ3n) is 3.23. The summed E-state index contributed by atoms with van der Waals surface area (Å²) < 4.78 is 0. The molecule has 4 N–H and O–H groups in total. The standard InChI is InChI=1S/C14H19N3O3/c1-9(18)10-3-2-4-11(7-10)16-14(20)17-12-5-6-13(19)15-8-12/h2-4,7,9,12,18H,5-6,8H2,1H3,(H,15,19)(H2,16,17,20). The molecule has 1 fully saturated rings. The minimum absolute atomic E-state index is 0.0214. The van der Waals surface area contributed by atoms with Crippen molar-refractivity contribution < 1.29 is 14.7 Å². The number of piperidine rings is 1. The zero-order valence-corrected chi connectivity index (χ0v) is 11.3. The Balaban J connectivity index is 1.88. The van der Waals surface area contributed by atoms with Crippen LogP contribution in [0.5, 0.6) is 0 Å². The zero-order valence-electron chi connectivity index (χ0n) is 11.3. The number of nitrogens with one attached hydrogen (secondary N) is 3. The molecule has 2 atom stereocenters. The van der Waals surface area contributed by atoms with Crippen molar-refractivity contribution in [3.63, 3.8) is 0 Å². The van der Waals surface area contributed by atoms with Gasteiger partial charge in [-0.25, -0.2) is 4.79 Å². The fraction of sp³-hybridized carbons (Fsp3) is 0.429. The lowest BCUT2D eigenvalue weighted by molar-refractivity contribution is -0.122. The van der Waals surface area contributed by atoms with Crippen molar-refractivity contribution in [3.05, 3.63) is 29.8 Å². The largest absolute Gasteiger partial charge is 0.389 e. The van der Waals surface area contributed by atoms with E-state index in [9.17, 15) is 14.7 Å². The highest BCUT2D eigenvalue weighted by atomic mass is 16.3. The predicted molar refractivity (Wildman–Crippen MR) is 75.3 cm³/mol. The molecule has 0 spiro atoms. The molecule has 1 aromatic carbocycles. The Kier molecular flexibility index (Phi) is 4.57. The number of amides is 3. The zero-order chi connectivity index (χ0) is 14.5. The van der Waals surface area contributed by atoms with E-state index in [1.54, 1.807) is 31.2 Å². The summed E-state index contributed by atoms with van der Waals surface area (Å²) in [4.78, 5) is 22.9. The summed E-state index contributed by atoms with van der Waals surface area (Å²) in [5.74, 6) is 0.0214. The van der Waals surface area contributed by atoms with Gasteiger partial charge in [0, 0.05) is 24.7 Å². The van der Waals surface area contributed by atoms with Crippen LogP contribution in [0.2, 0.25) is 0 Å². The lowest BCUT2D eigenvalue weighted by Crippen LogP contribution is -2.48. The second-order valence-corrected chi connectivity index (χ2v) is 4.94. The maximum atomic E-state index is 11.8. The fourth-order valence-electron chi connectivity index (χ4n) is 2.08. The molecule has 1 aliphatic rings. The van der Waals surface area contributed by atoms with E-state index in [4.69, 9.17) is 0 Å². The third kappa shape index (κ3) is 3.96. The topological polar surface area (TPSA) is 90.5 Å². The van der Waals surface area contributed by atoms with Crippen LogP contribution in [0, 0.1) is 0 Å². The van der Waals surface area contributed by atoms with E-state index in [-0.39, 0.29) is 18.0 Å². The van der Waals surface area contributed by atoms with Gasteiger partial charge in [0.25, 0.3) is 0 Å². The van der Waals surface area contributed by atoms with Crippen molar-refractivity contribution in [2.45, 2.75) is 31.9 Å². The van der Waals surface area contributed by atoms with E-state index in [1.165, 1.54) is 0 Å². The van der Waals surface area contributed by atoms with Gasteiger partial charge in [-0.05, 0) is 31.0 Å². The summed E-state index contributed by atoms with van der Waals surface area (Å²) >= 11 is 0. The van der Waals surface area contributed by atoms with Crippen molar-refractivity contribution >= 4 is 17.6 Å². The molecule has 0 aromatic heterocycles. The first-order chi connectivity index (χ1) is 9.54. The monoisotopic (exact) mass is 277 g/mol. The number of carbonyl (C=O) groups excluding carboxylic acids is 2. The fourth-order valence-corrected chi connectivity index (χ4v) is 2.08. The molecule has 0 radical (unpaired) electrons. The quantitative estimate of drug-likeness (QED) is 0.668. The van der Waals surface area contributed by atoms with E-state index in [0.717, 1.165) is 5.56 Å². The Morgan fingerprint density at radius 3 is 2.95 bits per heavy atom. The van der Waals surface area contributed by atoms with E-state index in [0.29, 0.717) is 25.1 Å². The van der Waals surface area contributed by atoms with Gasteiger partial charge in [-0.3, -0.25) is 4.79 Å². The summed E-state index contributed by atoms with van der Waals surface area (Å²) in [5.41, 5.74) is 1.37. The SMILES string of the molecule is CC(O)c1cccc(NC(=O)NC2CCC(=O)NC2)c1. The van der Waals surface area contributed by atoms with E-state index in [2.05, 4.69) is 16.0 Å². The van der Waals surface area contributed by atoms with Gasteiger partial charge in [0.05, 0.1) is 6.10 Å². The molecule has 0 aliphatic carbocycles. The Morgan fingerprint density at radius 1 is 1.50 bits per heavy atom. The van der Waals surface area contributed by atoms with Crippen LogP contribution in [0.4, 0.5) is 10.5 Å². The molecular formula is C14H19N3O3. The summed E-state index contributed by atoms with van der Waals surface area (Å²) in [6, 6.07) is 6.70. The van der Waals surface area contributed by atoms with Gasteiger partial charge in [0.15, 0.2) is 0 Å². The molecule has 2 rings (SSSR count). The summed E-state index contributed by atoms with van der Waals surface area (Å²) in [7, 11) is 0. The van der Waals surface area contributed by atoms with Crippen LogP contribution < -0.4 is 16.0 Å². The Hall–Kier alpha value is -2.08. The number of aliphatic hydroxyl groups is 1. The molecule has 1 saturated heterocycles. The molecule has 108 valence electrons. The number of anilines is 1. The molecule has 6 heteroatoms. The van der Waals surface area contributed by atoms with Gasteiger partial charge in [-0.2, -0.15) is 0 Å². The third-order valence-corrected chi connectivity index (χ3v) is 3.23. The molecule has 1 aliphatic heterocycles. The number of rotatable bonds is 3. The molecule has 2 unspecified atom stereocenters. The average Bonchev–Trinajstić information content (AvgIpc) is 2.41. The van der Waals surface area contributed by atoms with Crippen LogP contribution in [0.15, 0.2) is 24.3 Å². The number of urea groups is 1. The summed E-state index contributed by atoms with van der Waals surface area (Å²) in [6.45, 7) is 2.13. The molecule has 0 bridgehead atoms. The Bertz CT molecular complexity index is 492. The normalized spacial score (nSPS) is 19.9. The van der Waals surface area contributed by atoms with Crippen molar-refractivity contribution in [1.82, 2.24) is 10.6 Å². The van der Waals surface area contributed by atoms with Crippen LogP contribution in [0.3, 0.4) is 0 Å².